The molecule has 0 saturated heterocycles. The summed E-state index contributed by atoms with van der Waals surface area (Å²) in [6.07, 6.45) is 2.56. The van der Waals surface area contributed by atoms with Gasteiger partial charge in [-0.15, -0.1) is 0 Å². The van der Waals surface area contributed by atoms with Crippen molar-refractivity contribution in [3.8, 4) is 5.75 Å². The Morgan fingerprint density at radius 3 is 2.83 bits per heavy atom. The van der Waals surface area contributed by atoms with Crippen molar-refractivity contribution in [2.75, 3.05) is 0 Å². The topological polar surface area (TPSA) is 79.7 Å². The van der Waals surface area contributed by atoms with E-state index in [1.165, 1.54) is 18.5 Å². The van der Waals surface area contributed by atoms with E-state index in [2.05, 4.69) is 9.72 Å². The van der Waals surface area contributed by atoms with Crippen LogP contribution in [0.1, 0.15) is 0 Å². The first-order chi connectivity index (χ1) is 5.74. The number of nitrogens with zero attached hydrogens (tertiary/aromatic N) is 1. The van der Waals surface area contributed by atoms with Crippen molar-refractivity contribution in [1.29, 1.82) is 0 Å². The molecule has 0 amide bonds. The molecular formula is C6H6BNO4. The van der Waals surface area contributed by atoms with Crippen molar-refractivity contribution in [3.63, 3.8) is 0 Å². The second kappa shape index (κ2) is 3.84. The zero-order valence-corrected chi connectivity index (χ0v) is 6.04. The summed E-state index contributed by atoms with van der Waals surface area (Å²) >= 11 is 0. The summed E-state index contributed by atoms with van der Waals surface area (Å²) in [6.45, 7) is 0.241. The predicted molar refractivity (Wildman–Crippen MR) is 40.8 cm³/mol. The Labute approximate surface area is 68.8 Å². The molecule has 0 atom stereocenters. The molecule has 1 aromatic heterocycles. The van der Waals surface area contributed by atoms with Crippen LogP contribution in [0.3, 0.4) is 0 Å². The number of aromatic nitrogens is 1. The van der Waals surface area contributed by atoms with Crippen LogP contribution in [0.5, 0.6) is 5.75 Å². The van der Waals surface area contributed by atoms with Crippen molar-refractivity contribution in [2.24, 2.45) is 0 Å². The molecule has 1 heterocycles. The number of carbonyl (C=O) groups is 1. The van der Waals surface area contributed by atoms with Gasteiger partial charge in [0.05, 0.1) is 6.20 Å². The molecule has 6 heteroatoms. The number of hydrogen-bond donors (Lipinski definition) is 2. The van der Waals surface area contributed by atoms with Gasteiger partial charge in [0.2, 0.25) is 0 Å². The Bertz CT molecular complexity index is 278. The van der Waals surface area contributed by atoms with Crippen LogP contribution in [0.15, 0.2) is 18.5 Å². The SMILES string of the molecule is O=COc1cncc(B(O)O)c1. The highest BCUT2D eigenvalue weighted by atomic mass is 16.5. The van der Waals surface area contributed by atoms with Gasteiger partial charge in [-0.3, -0.25) is 9.78 Å². The van der Waals surface area contributed by atoms with Crippen molar-refractivity contribution >= 4 is 19.1 Å². The molecule has 0 spiro atoms. The fraction of sp³-hybridized carbons (Fsp3) is 0. The first kappa shape index (κ1) is 8.70. The Hall–Kier alpha value is -1.40. The van der Waals surface area contributed by atoms with Gasteiger partial charge in [-0.05, 0) is 6.07 Å². The molecule has 0 radical (unpaired) electrons. The van der Waals surface area contributed by atoms with E-state index >= 15 is 0 Å². The Morgan fingerprint density at radius 2 is 2.25 bits per heavy atom. The van der Waals surface area contributed by atoms with E-state index in [1.807, 2.05) is 0 Å². The molecule has 62 valence electrons. The van der Waals surface area contributed by atoms with Crippen LogP contribution in [-0.4, -0.2) is 28.6 Å². The molecule has 0 aliphatic rings. The fourth-order valence-electron chi connectivity index (χ4n) is 0.697. The Morgan fingerprint density at radius 1 is 1.50 bits per heavy atom. The maximum Gasteiger partial charge on any atom is 0.490 e. The van der Waals surface area contributed by atoms with Gasteiger partial charge in [0, 0.05) is 11.7 Å². The lowest BCUT2D eigenvalue weighted by atomic mass is 9.82. The lowest BCUT2D eigenvalue weighted by molar-refractivity contribution is -0.120. The quantitative estimate of drug-likeness (QED) is 0.414. The molecule has 0 saturated carbocycles. The van der Waals surface area contributed by atoms with Gasteiger partial charge in [-0.25, -0.2) is 0 Å². The molecule has 0 bridgehead atoms. The summed E-state index contributed by atoms with van der Waals surface area (Å²) in [5, 5.41) is 17.4. The van der Waals surface area contributed by atoms with Crippen LogP contribution in [0, 0.1) is 0 Å². The standard InChI is InChI=1S/C6H6BNO4/c9-4-12-6-1-5(7(10)11)2-8-3-6/h1-4,10-11H. The molecular weight excluding hydrogens is 161 g/mol. The lowest BCUT2D eigenvalue weighted by Crippen LogP contribution is -2.30. The number of pyridine rings is 1. The molecule has 0 aromatic carbocycles. The molecule has 12 heavy (non-hydrogen) atoms. The van der Waals surface area contributed by atoms with Crippen LogP contribution < -0.4 is 10.2 Å². The monoisotopic (exact) mass is 167 g/mol. The number of ether oxygens (including phenoxy) is 1. The Balaban J connectivity index is 2.87. The molecule has 1 rings (SSSR count). The van der Waals surface area contributed by atoms with Gasteiger partial charge in [-0.2, -0.15) is 0 Å². The third-order valence-corrected chi connectivity index (χ3v) is 1.22. The second-order valence-corrected chi connectivity index (χ2v) is 2.04. The van der Waals surface area contributed by atoms with Gasteiger partial charge in [0.15, 0.2) is 0 Å². The predicted octanol–water partition coefficient (Wildman–Crippen LogP) is -1.70. The maximum atomic E-state index is 9.88. The van der Waals surface area contributed by atoms with E-state index in [0.717, 1.165) is 0 Å². The molecule has 5 nitrogen and oxygen atoms in total. The van der Waals surface area contributed by atoms with E-state index in [-0.39, 0.29) is 17.7 Å². The summed E-state index contributed by atoms with van der Waals surface area (Å²) < 4.78 is 4.43. The van der Waals surface area contributed by atoms with Crippen LogP contribution in [0.25, 0.3) is 0 Å². The average molecular weight is 167 g/mol. The minimum absolute atomic E-state index is 0.175. The molecule has 0 fully saturated rings. The van der Waals surface area contributed by atoms with Gasteiger partial charge in [-0.1, -0.05) is 0 Å². The zero-order valence-electron chi connectivity index (χ0n) is 6.04. The average Bonchev–Trinajstić information content (AvgIpc) is 2.05. The van der Waals surface area contributed by atoms with E-state index in [1.54, 1.807) is 0 Å². The van der Waals surface area contributed by atoms with Gasteiger partial charge >= 0.3 is 7.12 Å². The summed E-state index contributed by atoms with van der Waals surface area (Å²) in [5.41, 5.74) is 0.175. The van der Waals surface area contributed by atoms with E-state index in [9.17, 15) is 4.79 Å². The summed E-state index contributed by atoms with van der Waals surface area (Å²) in [6, 6.07) is 1.31. The normalized spacial score (nSPS) is 9.17. The highest BCUT2D eigenvalue weighted by molar-refractivity contribution is 6.58. The van der Waals surface area contributed by atoms with Gasteiger partial charge in [0.25, 0.3) is 6.47 Å². The van der Waals surface area contributed by atoms with Crippen LogP contribution in [0.4, 0.5) is 0 Å². The van der Waals surface area contributed by atoms with Crippen LogP contribution in [0.2, 0.25) is 0 Å². The Kier molecular flexibility index (Phi) is 2.79. The lowest BCUT2D eigenvalue weighted by Gasteiger charge is -2.00. The minimum atomic E-state index is -1.60. The summed E-state index contributed by atoms with van der Waals surface area (Å²) in [7, 11) is -1.60. The van der Waals surface area contributed by atoms with E-state index in [0.29, 0.717) is 0 Å². The zero-order chi connectivity index (χ0) is 8.97. The number of rotatable bonds is 3. The smallest absolute Gasteiger partial charge is 0.427 e. The second-order valence-electron chi connectivity index (χ2n) is 2.04. The first-order valence-corrected chi connectivity index (χ1v) is 3.15. The highest BCUT2D eigenvalue weighted by Crippen LogP contribution is 2.03. The summed E-state index contributed by atoms with van der Waals surface area (Å²) in [4.78, 5) is 13.5. The van der Waals surface area contributed by atoms with Crippen molar-refractivity contribution < 1.29 is 19.6 Å². The summed E-state index contributed by atoms with van der Waals surface area (Å²) in [5.74, 6) is 0.176. The molecule has 0 aliphatic heterocycles. The molecule has 0 unspecified atom stereocenters. The maximum absolute atomic E-state index is 9.88. The third kappa shape index (κ3) is 2.04. The van der Waals surface area contributed by atoms with Crippen LogP contribution in [-0.2, 0) is 4.79 Å². The third-order valence-electron chi connectivity index (χ3n) is 1.22. The van der Waals surface area contributed by atoms with Crippen molar-refractivity contribution in [1.82, 2.24) is 4.98 Å². The van der Waals surface area contributed by atoms with Gasteiger partial charge < -0.3 is 14.8 Å². The van der Waals surface area contributed by atoms with Crippen LogP contribution >= 0.6 is 0 Å². The van der Waals surface area contributed by atoms with E-state index in [4.69, 9.17) is 10.0 Å². The largest absolute Gasteiger partial charge is 0.490 e. The van der Waals surface area contributed by atoms with Gasteiger partial charge in [0.1, 0.15) is 5.75 Å². The van der Waals surface area contributed by atoms with E-state index < -0.39 is 7.12 Å². The fourth-order valence-corrected chi connectivity index (χ4v) is 0.697. The minimum Gasteiger partial charge on any atom is -0.427 e. The number of carbonyl (C=O) groups excluding carboxylic acids is 1. The van der Waals surface area contributed by atoms with Crippen molar-refractivity contribution in [2.45, 2.75) is 0 Å². The number of hydrogen-bond acceptors (Lipinski definition) is 5. The molecule has 2 N–H and O–H groups in total. The highest BCUT2D eigenvalue weighted by Gasteiger charge is 2.11. The van der Waals surface area contributed by atoms with Crippen molar-refractivity contribution in [3.05, 3.63) is 18.5 Å². The first-order valence-electron chi connectivity index (χ1n) is 3.15. The molecule has 0 aliphatic carbocycles. The molecule has 1 aromatic rings.